The van der Waals surface area contributed by atoms with Gasteiger partial charge in [-0.3, -0.25) is 9.59 Å². The fourth-order valence-electron chi connectivity index (χ4n) is 3.03. The van der Waals surface area contributed by atoms with Crippen molar-refractivity contribution in [2.45, 2.75) is 40.3 Å². The van der Waals surface area contributed by atoms with Gasteiger partial charge in [-0.25, -0.2) is 9.78 Å². The number of aryl methyl sites for hydroxylation is 1. The van der Waals surface area contributed by atoms with E-state index in [1.807, 2.05) is 0 Å². The maximum absolute atomic E-state index is 12.9. The topological polar surface area (TPSA) is 108 Å². The summed E-state index contributed by atoms with van der Waals surface area (Å²) in [6, 6.07) is 1.77. The summed E-state index contributed by atoms with van der Waals surface area (Å²) in [4.78, 5) is 48.8. The SMILES string of the molecule is Cc1[nH]c(C(=O)N(C)Cc2nc3ccsc3c(=O)[nH]2)c(C)c1C(=O)OC(C)C. The van der Waals surface area contributed by atoms with Crippen molar-refractivity contribution in [3.63, 3.8) is 0 Å². The average molecular weight is 402 g/mol. The lowest BCUT2D eigenvalue weighted by Gasteiger charge is -2.16. The van der Waals surface area contributed by atoms with Crippen molar-refractivity contribution in [2.24, 2.45) is 0 Å². The zero-order valence-corrected chi connectivity index (χ0v) is 17.2. The Labute approximate surface area is 165 Å². The molecule has 3 aromatic heterocycles. The van der Waals surface area contributed by atoms with E-state index < -0.39 is 5.97 Å². The molecule has 0 aromatic carbocycles. The number of ether oxygens (including phenoxy) is 1. The van der Waals surface area contributed by atoms with E-state index in [1.165, 1.54) is 16.2 Å². The maximum atomic E-state index is 12.9. The first-order chi connectivity index (χ1) is 13.2. The number of rotatable bonds is 5. The van der Waals surface area contributed by atoms with Gasteiger partial charge in [0, 0.05) is 12.7 Å². The molecule has 28 heavy (non-hydrogen) atoms. The van der Waals surface area contributed by atoms with Crippen LogP contribution in [-0.4, -0.2) is 44.9 Å². The van der Waals surface area contributed by atoms with Gasteiger partial charge in [0.15, 0.2) is 0 Å². The van der Waals surface area contributed by atoms with E-state index in [4.69, 9.17) is 4.74 Å². The molecule has 0 unspecified atom stereocenters. The van der Waals surface area contributed by atoms with Crippen LogP contribution in [0.5, 0.6) is 0 Å². The molecule has 148 valence electrons. The highest BCUT2D eigenvalue weighted by Gasteiger charge is 2.25. The molecule has 0 aliphatic carbocycles. The first-order valence-corrected chi connectivity index (χ1v) is 9.69. The number of aromatic nitrogens is 3. The molecule has 0 saturated carbocycles. The van der Waals surface area contributed by atoms with Gasteiger partial charge in [-0.05, 0) is 44.7 Å². The lowest BCUT2D eigenvalue weighted by Crippen LogP contribution is -2.29. The van der Waals surface area contributed by atoms with E-state index in [1.54, 1.807) is 46.2 Å². The molecular weight excluding hydrogens is 380 g/mol. The highest BCUT2D eigenvalue weighted by atomic mass is 32.1. The number of nitrogens with one attached hydrogen (secondary N) is 2. The average Bonchev–Trinajstić information content (AvgIpc) is 3.18. The number of hydrogen-bond acceptors (Lipinski definition) is 6. The Morgan fingerprint density at radius 1 is 1.29 bits per heavy atom. The third-order valence-electron chi connectivity index (χ3n) is 4.30. The molecule has 0 atom stereocenters. The molecular formula is C19H22N4O4S. The maximum Gasteiger partial charge on any atom is 0.340 e. The number of carbonyl (C=O) groups is 2. The zero-order valence-electron chi connectivity index (χ0n) is 16.4. The van der Waals surface area contributed by atoms with E-state index >= 15 is 0 Å². The zero-order chi connectivity index (χ0) is 20.6. The summed E-state index contributed by atoms with van der Waals surface area (Å²) in [5, 5.41) is 1.80. The Kier molecular flexibility index (Phi) is 5.37. The van der Waals surface area contributed by atoms with Gasteiger partial charge in [-0.1, -0.05) is 0 Å². The number of H-pyrrole nitrogens is 2. The van der Waals surface area contributed by atoms with Gasteiger partial charge in [-0.2, -0.15) is 0 Å². The van der Waals surface area contributed by atoms with Gasteiger partial charge in [0.1, 0.15) is 16.2 Å². The van der Waals surface area contributed by atoms with Crippen LogP contribution in [0.1, 0.15) is 51.8 Å². The van der Waals surface area contributed by atoms with Gasteiger partial charge >= 0.3 is 5.97 Å². The molecule has 9 heteroatoms. The summed E-state index contributed by atoms with van der Waals surface area (Å²) in [5.41, 5.74) is 2.18. The second kappa shape index (κ2) is 7.59. The normalized spacial score (nSPS) is 11.2. The van der Waals surface area contributed by atoms with Crippen molar-refractivity contribution in [3.8, 4) is 0 Å². The largest absolute Gasteiger partial charge is 0.459 e. The minimum Gasteiger partial charge on any atom is -0.459 e. The van der Waals surface area contributed by atoms with Crippen LogP contribution in [0.15, 0.2) is 16.2 Å². The Morgan fingerprint density at radius 2 is 2.00 bits per heavy atom. The standard InChI is InChI=1S/C19H22N4O4S/c1-9(2)27-19(26)14-10(3)15(20-11(14)4)18(25)23(5)8-13-21-12-6-7-28-16(12)17(24)22-13/h6-7,9,20H,8H2,1-5H3,(H,21,22,24). The van der Waals surface area contributed by atoms with Crippen LogP contribution in [0.3, 0.4) is 0 Å². The lowest BCUT2D eigenvalue weighted by atomic mass is 10.1. The van der Waals surface area contributed by atoms with E-state index in [0.29, 0.717) is 38.6 Å². The number of esters is 1. The molecule has 3 rings (SSSR count). The molecule has 2 N–H and O–H groups in total. The fourth-order valence-corrected chi connectivity index (χ4v) is 3.75. The predicted molar refractivity (Wildman–Crippen MR) is 107 cm³/mol. The van der Waals surface area contributed by atoms with Crippen LogP contribution in [-0.2, 0) is 11.3 Å². The molecule has 3 aromatic rings. The molecule has 0 bridgehead atoms. The molecule has 0 saturated heterocycles. The number of hydrogen-bond donors (Lipinski definition) is 2. The first kappa shape index (κ1) is 19.8. The molecule has 0 aliphatic heterocycles. The fraction of sp³-hybridized carbons (Fsp3) is 0.368. The predicted octanol–water partition coefficient (Wildman–Crippen LogP) is 2.77. The Hall–Kier alpha value is -2.94. The summed E-state index contributed by atoms with van der Waals surface area (Å²) in [5.74, 6) is -0.374. The summed E-state index contributed by atoms with van der Waals surface area (Å²) >= 11 is 1.32. The van der Waals surface area contributed by atoms with Crippen LogP contribution in [0.2, 0.25) is 0 Å². The third kappa shape index (κ3) is 3.70. The van der Waals surface area contributed by atoms with Crippen molar-refractivity contribution in [3.05, 3.63) is 50.1 Å². The van der Waals surface area contributed by atoms with E-state index in [9.17, 15) is 14.4 Å². The molecule has 0 aliphatic rings. The number of nitrogens with zero attached hydrogens (tertiary/aromatic N) is 2. The molecule has 8 nitrogen and oxygen atoms in total. The Balaban J connectivity index is 1.85. The second-order valence-electron chi connectivity index (χ2n) is 6.89. The van der Waals surface area contributed by atoms with E-state index in [0.717, 1.165) is 0 Å². The Morgan fingerprint density at radius 3 is 2.68 bits per heavy atom. The van der Waals surface area contributed by atoms with Crippen molar-refractivity contribution in [2.75, 3.05) is 7.05 Å². The molecule has 3 heterocycles. The summed E-state index contributed by atoms with van der Waals surface area (Å²) in [7, 11) is 1.61. The Bertz CT molecular complexity index is 1110. The van der Waals surface area contributed by atoms with Crippen molar-refractivity contribution >= 4 is 33.4 Å². The van der Waals surface area contributed by atoms with Crippen molar-refractivity contribution in [1.82, 2.24) is 19.9 Å². The molecule has 0 fully saturated rings. The number of thiophene rings is 1. The number of amides is 1. The number of aromatic amines is 2. The molecule has 1 amide bonds. The molecule has 0 radical (unpaired) electrons. The second-order valence-corrected chi connectivity index (χ2v) is 7.80. The van der Waals surface area contributed by atoms with Crippen LogP contribution >= 0.6 is 11.3 Å². The van der Waals surface area contributed by atoms with Crippen LogP contribution < -0.4 is 5.56 Å². The van der Waals surface area contributed by atoms with Crippen molar-refractivity contribution < 1.29 is 14.3 Å². The minimum absolute atomic E-state index is 0.128. The monoisotopic (exact) mass is 402 g/mol. The van der Waals surface area contributed by atoms with Crippen molar-refractivity contribution in [1.29, 1.82) is 0 Å². The quantitative estimate of drug-likeness (QED) is 0.638. The summed E-state index contributed by atoms with van der Waals surface area (Å²) in [6.07, 6.45) is -0.252. The summed E-state index contributed by atoms with van der Waals surface area (Å²) < 4.78 is 5.82. The highest BCUT2D eigenvalue weighted by Crippen LogP contribution is 2.21. The van der Waals surface area contributed by atoms with Gasteiger partial charge < -0.3 is 19.6 Å². The van der Waals surface area contributed by atoms with Gasteiger partial charge in [-0.15, -0.1) is 11.3 Å². The van der Waals surface area contributed by atoms with Gasteiger partial charge in [0.25, 0.3) is 11.5 Å². The minimum atomic E-state index is -0.461. The lowest BCUT2D eigenvalue weighted by molar-refractivity contribution is 0.0376. The third-order valence-corrected chi connectivity index (χ3v) is 5.20. The molecule has 0 spiro atoms. The van der Waals surface area contributed by atoms with E-state index in [2.05, 4.69) is 15.0 Å². The van der Waals surface area contributed by atoms with Crippen LogP contribution in [0.4, 0.5) is 0 Å². The van der Waals surface area contributed by atoms with Gasteiger partial charge in [0.05, 0.1) is 23.7 Å². The highest BCUT2D eigenvalue weighted by molar-refractivity contribution is 7.17. The summed E-state index contributed by atoms with van der Waals surface area (Å²) in [6.45, 7) is 7.10. The number of carbonyl (C=O) groups excluding carboxylic acids is 2. The van der Waals surface area contributed by atoms with Gasteiger partial charge in [0.2, 0.25) is 0 Å². The van der Waals surface area contributed by atoms with Crippen LogP contribution in [0, 0.1) is 13.8 Å². The smallest absolute Gasteiger partial charge is 0.340 e. The van der Waals surface area contributed by atoms with Crippen LogP contribution in [0.25, 0.3) is 10.2 Å². The number of fused-ring (bicyclic) bond motifs is 1. The first-order valence-electron chi connectivity index (χ1n) is 8.81. The van der Waals surface area contributed by atoms with E-state index in [-0.39, 0.29) is 24.1 Å².